The number of hydrogen-bond donors (Lipinski definition) is 0. The molecule has 0 radical (unpaired) electrons. The first-order valence-electron chi connectivity index (χ1n) is 18.2. The number of aromatic nitrogens is 2. The second-order valence-electron chi connectivity index (χ2n) is 14.4. The fourth-order valence-electron chi connectivity index (χ4n) is 9.77. The third-order valence-corrected chi connectivity index (χ3v) is 11.8. The second-order valence-corrected chi connectivity index (χ2v) is 14.4. The van der Waals surface area contributed by atoms with Crippen molar-refractivity contribution in [1.29, 1.82) is 0 Å². The Labute approximate surface area is 297 Å². The average molecular weight is 664 g/mol. The molecule has 0 atom stereocenters. The van der Waals surface area contributed by atoms with Crippen molar-refractivity contribution in [3.63, 3.8) is 0 Å². The summed E-state index contributed by atoms with van der Waals surface area (Å²) in [4.78, 5) is 2.41. The zero-order valence-electron chi connectivity index (χ0n) is 28.1. The molecule has 0 unspecified atom stereocenters. The van der Waals surface area contributed by atoms with Crippen LogP contribution in [-0.2, 0) is 6.42 Å². The van der Waals surface area contributed by atoms with Gasteiger partial charge in [-0.1, -0.05) is 84.9 Å². The Morgan fingerprint density at radius 2 is 1.13 bits per heavy atom. The average Bonchev–Trinajstić information content (AvgIpc) is 3.99. The number of fused-ring (bicyclic) bond motifs is 16. The van der Waals surface area contributed by atoms with Gasteiger partial charge in [-0.05, 0) is 73.5 Å². The zero-order valence-corrected chi connectivity index (χ0v) is 28.1. The van der Waals surface area contributed by atoms with E-state index in [1.165, 1.54) is 92.8 Å². The summed E-state index contributed by atoms with van der Waals surface area (Å²) in [5, 5.41) is 11.5. The van der Waals surface area contributed by atoms with E-state index in [4.69, 9.17) is 4.42 Å². The minimum Gasteiger partial charge on any atom is -0.456 e. The summed E-state index contributed by atoms with van der Waals surface area (Å²) in [5.74, 6) is 1.01. The van der Waals surface area contributed by atoms with Crippen LogP contribution < -0.4 is 4.90 Å². The van der Waals surface area contributed by atoms with Crippen molar-refractivity contribution in [1.82, 2.24) is 8.80 Å². The summed E-state index contributed by atoms with van der Waals surface area (Å²) in [6.07, 6.45) is 6.44. The fourth-order valence-corrected chi connectivity index (χ4v) is 9.77. The number of nitrogens with zero attached hydrogens (tertiary/aromatic N) is 3. The van der Waals surface area contributed by atoms with Gasteiger partial charge in [0.15, 0.2) is 0 Å². The highest BCUT2D eigenvalue weighted by Gasteiger charge is 2.28. The van der Waals surface area contributed by atoms with E-state index in [-0.39, 0.29) is 0 Å². The summed E-state index contributed by atoms with van der Waals surface area (Å²) in [7, 11) is 0. The lowest BCUT2D eigenvalue weighted by Gasteiger charge is -2.26. The molecular formula is C48H29N3O. The maximum Gasteiger partial charge on any atom is 0.137 e. The number of anilines is 3. The molecule has 13 rings (SSSR count). The number of hydrogen-bond acceptors (Lipinski definition) is 2. The molecule has 0 saturated heterocycles. The quantitative estimate of drug-likeness (QED) is 0.188. The van der Waals surface area contributed by atoms with Gasteiger partial charge in [-0.25, -0.2) is 0 Å². The molecule has 12 aromatic rings. The third kappa shape index (κ3) is 3.20. The Hall–Kier alpha value is -6.78. The normalized spacial score (nSPS) is 13.5. The van der Waals surface area contributed by atoms with Crippen LogP contribution in [0.2, 0.25) is 0 Å². The molecule has 0 aliphatic heterocycles. The van der Waals surface area contributed by atoms with Crippen molar-refractivity contribution >= 4 is 110 Å². The van der Waals surface area contributed by atoms with E-state index in [0.29, 0.717) is 0 Å². The molecule has 52 heavy (non-hydrogen) atoms. The highest BCUT2D eigenvalue weighted by molar-refractivity contribution is 6.39. The monoisotopic (exact) mass is 663 g/mol. The Bertz CT molecular complexity index is 3410. The molecule has 4 nitrogen and oxygen atoms in total. The van der Waals surface area contributed by atoms with E-state index in [1.54, 1.807) is 0 Å². The molecule has 5 aromatic heterocycles. The zero-order chi connectivity index (χ0) is 33.7. The molecule has 4 heteroatoms. The smallest absolute Gasteiger partial charge is 0.137 e. The van der Waals surface area contributed by atoms with Gasteiger partial charge in [0.05, 0.1) is 38.8 Å². The molecule has 0 amide bonds. The standard InChI is InChI=1S/C48H29N3O/c1-3-13-28(14-4-1)49(29-15-5-2-6-16-29)39-24-23-33-44-41(51-37-20-10-7-18-31(37)45(39)47(33)51)26-36-34-25-35-30-17-9-12-22-42(30)52-43(35)27-40(34)50-38-21-11-8-19-32(38)46(44)48(36)50/h1-8,10-16,18-27H,9,17H2. The van der Waals surface area contributed by atoms with Crippen LogP contribution in [0, 0.1) is 0 Å². The topological polar surface area (TPSA) is 25.2 Å². The maximum absolute atomic E-state index is 6.49. The number of rotatable bonds is 3. The number of allylic oxidation sites excluding steroid dienone is 1. The fraction of sp³-hybridized carbons (Fsp3) is 0.0417. The van der Waals surface area contributed by atoms with Gasteiger partial charge in [0.25, 0.3) is 0 Å². The van der Waals surface area contributed by atoms with Crippen LogP contribution >= 0.6 is 0 Å². The summed E-state index contributed by atoms with van der Waals surface area (Å²) >= 11 is 0. The number of furan rings is 1. The molecule has 242 valence electrons. The van der Waals surface area contributed by atoms with E-state index in [2.05, 4.69) is 165 Å². The molecule has 0 spiro atoms. The van der Waals surface area contributed by atoms with Gasteiger partial charge in [0.1, 0.15) is 11.3 Å². The van der Waals surface area contributed by atoms with Crippen LogP contribution in [0.4, 0.5) is 17.1 Å². The summed E-state index contributed by atoms with van der Waals surface area (Å²) in [6, 6.07) is 51.3. The summed E-state index contributed by atoms with van der Waals surface area (Å²) in [6.45, 7) is 0. The van der Waals surface area contributed by atoms with Gasteiger partial charge in [0, 0.05) is 71.5 Å². The van der Waals surface area contributed by atoms with Crippen LogP contribution in [0.25, 0.3) is 93.2 Å². The summed E-state index contributed by atoms with van der Waals surface area (Å²) < 4.78 is 11.5. The molecule has 5 heterocycles. The number of benzene rings is 7. The largest absolute Gasteiger partial charge is 0.456 e. The molecule has 1 aliphatic rings. The summed E-state index contributed by atoms with van der Waals surface area (Å²) in [5.41, 5.74) is 13.2. The van der Waals surface area contributed by atoms with Gasteiger partial charge in [-0.15, -0.1) is 0 Å². The Morgan fingerprint density at radius 3 is 1.88 bits per heavy atom. The predicted octanol–water partition coefficient (Wildman–Crippen LogP) is 13.2. The lowest BCUT2D eigenvalue weighted by Crippen LogP contribution is -2.10. The molecule has 7 aromatic carbocycles. The molecule has 0 N–H and O–H groups in total. The Kier molecular flexibility index (Phi) is 4.94. The second kappa shape index (κ2) is 9.51. The minimum atomic E-state index is 0.971. The first-order chi connectivity index (χ1) is 25.8. The van der Waals surface area contributed by atoms with Crippen LogP contribution in [0.15, 0.2) is 150 Å². The van der Waals surface area contributed by atoms with Crippen LogP contribution in [0.1, 0.15) is 17.7 Å². The lowest BCUT2D eigenvalue weighted by atomic mass is 9.98. The molecule has 1 aliphatic carbocycles. The van der Waals surface area contributed by atoms with Gasteiger partial charge >= 0.3 is 0 Å². The SMILES string of the molecule is C1=Cc2oc3cc4c(cc3c2CC1)c1cc2c(c3ccc(N(c5ccccc5)c5ccccc5)c5c6ccccc6n2c35)c2c3ccccc3n4c12. The minimum absolute atomic E-state index is 0.971. The number of para-hydroxylation sites is 4. The van der Waals surface area contributed by atoms with E-state index < -0.39 is 0 Å². The van der Waals surface area contributed by atoms with E-state index in [9.17, 15) is 0 Å². The first kappa shape index (κ1) is 27.0. The Morgan fingerprint density at radius 1 is 0.481 bits per heavy atom. The van der Waals surface area contributed by atoms with Crippen LogP contribution in [0.3, 0.4) is 0 Å². The maximum atomic E-state index is 6.49. The van der Waals surface area contributed by atoms with E-state index in [1.807, 2.05) is 0 Å². The van der Waals surface area contributed by atoms with Crippen molar-refractivity contribution in [2.45, 2.75) is 12.8 Å². The van der Waals surface area contributed by atoms with Crippen LogP contribution in [-0.4, -0.2) is 8.80 Å². The predicted molar refractivity (Wildman–Crippen MR) is 218 cm³/mol. The van der Waals surface area contributed by atoms with E-state index >= 15 is 0 Å². The molecule has 0 saturated carbocycles. The van der Waals surface area contributed by atoms with Gasteiger partial charge < -0.3 is 18.1 Å². The Balaban J connectivity index is 1.24. The van der Waals surface area contributed by atoms with Crippen molar-refractivity contribution in [2.24, 2.45) is 0 Å². The molecule has 0 fully saturated rings. The molecule has 0 bridgehead atoms. The van der Waals surface area contributed by atoms with Crippen molar-refractivity contribution in [2.75, 3.05) is 4.90 Å². The highest BCUT2D eigenvalue weighted by atomic mass is 16.3. The third-order valence-electron chi connectivity index (χ3n) is 11.8. The van der Waals surface area contributed by atoms with Gasteiger partial charge in [0.2, 0.25) is 0 Å². The number of aryl methyl sites for hydroxylation is 1. The van der Waals surface area contributed by atoms with E-state index in [0.717, 1.165) is 35.6 Å². The van der Waals surface area contributed by atoms with Gasteiger partial charge in [-0.3, -0.25) is 0 Å². The van der Waals surface area contributed by atoms with Crippen molar-refractivity contribution < 1.29 is 4.42 Å². The van der Waals surface area contributed by atoms with Crippen LogP contribution in [0.5, 0.6) is 0 Å². The van der Waals surface area contributed by atoms with Gasteiger partial charge in [-0.2, -0.15) is 0 Å². The lowest BCUT2D eigenvalue weighted by molar-refractivity contribution is 0.596. The first-order valence-corrected chi connectivity index (χ1v) is 18.2. The van der Waals surface area contributed by atoms with Crippen molar-refractivity contribution in [3.05, 3.63) is 157 Å². The van der Waals surface area contributed by atoms with Crippen molar-refractivity contribution in [3.8, 4) is 0 Å². The highest BCUT2D eigenvalue weighted by Crippen LogP contribution is 2.51. The molecular weight excluding hydrogens is 635 g/mol.